The van der Waals surface area contributed by atoms with Gasteiger partial charge in [0.25, 0.3) is 0 Å². The quantitative estimate of drug-likeness (QED) is 0.817. The van der Waals surface area contributed by atoms with Crippen LogP contribution in [-0.2, 0) is 6.42 Å². The van der Waals surface area contributed by atoms with Crippen molar-refractivity contribution in [1.29, 1.82) is 0 Å². The Morgan fingerprint density at radius 3 is 3.00 bits per heavy atom. The molecular weight excluding hydrogens is 204 g/mol. The molecule has 3 heteroatoms. The van der Waals surface area contributed by atoms with Crippen molar-refractivity contribution >= 4 is 11.3 Å². The second-order valence-corrected chi connectivity index (χ2v) is 5.41. The average molecular weight is 224 g/mol. The maximum atomic E-state index is 3.72. The van der Waals surface area contributed by atoms with Crippen LogP contribution in [0.25, 0.3) is 0 Å². The molecule has 1 aliphatic rings. The van der Waals surface area contributed by atoms with Crippen molar-refractivity contribution in [1.82, 2.24) is 10.6 Å². The lowest BCUT2D eigenvalue weighted by Crippen LogP contribution is -2.44. The molecule has 0 spiro atoms. The van der Waals surface area contributed by atoms with Gasteiger partial charge in [-0.15, -0.1) is 11.3 Å². The van der Waals surface area contributed by atoms with E-state index >= 15 is 0 Å². The van der Waals surface area contributed by atoms with Crippen LogP contribution in [-0.4, -0.2) is 25.2 Å². The van der Waals surface area contributed by atoms with Crippen LogP contribution in [0.5, 0.6) is 0 Å². The zero-order valence-corrected chi connectivity index (χ0v) is 10.1. The van der Waals surface area contributed by atoms with Gasteiger partial charge in [-0.3, -0.25) is 0 Å². The van der Waals surface area contributed by atoms with E-state index in [2.05, 4.69) is 35.1 Å². The normalized spacial score (nSPS) is 20.3. The minimum Gasteiger partial charge on any atom is -0.317 e. The van der Waals surface area contributed by atoms with Gasteiger partial charge in [0.05, 0.1) is 0 Å². The summed E-state index contributed by atoms with van der Waals surface area (Å²) in [6, 6.07) is 5.69. The summed E-state index contributed by atoms with van der Waals surface area (Å²) in [5, 5.41) is 9.28. The summed E-state index contributed by atoms with van der Waals surface area (Å²) < 4.78 is 0. The summed E-state index contributed by atoms with van der Waals surface area (Å²) in [7, 11) is 0. The van der Waals surface area contributed by atoms with Crippen molar-refractivity contribution in [2.75, 3.05) is 13.1 Å². The molecule has 2 heterocycles. The number of thiophene rings is 1. The van der Waals surface area contributed by atoms with Crippen molar-refractivity contribution in [2.45, 2.75) is 38.3 Å². The Kier molecular flexibility index (Phi) is 4.18. The van der Waals surface area contributed by atoms with E-state index in [0.29, 0.717) is 6.04 Å². The molecular formula is C12H20N2S. The van der Waals surface area contributed by atoms with E-state index in [4.69, 9.17) is 0 Å². The average Bonchev–Trinajstić information content (AvgIpc) is 2.71. The Morgan fingerprint density at radius 1 is 1.53 bits per heavy atom. The molecule has 0 radical (unpaired) electrons. The Hall–Kier alpha value is -0.380. The van der Waals surface area contributed by atoms with E-state index in [-0.39, 0.29) is 0 Å². The molecule has 2 N–H and O–H groups in total. The monoisotopic (exact) mass is 224 g/mol. The van der Waals surface area contributed by atoms with E-state index in [1.165, 1.54) is 37.2 Å². The van der Waals surface area contributed by atoms with Crippen molar-refractivity contribution in [3.8, 4) is 0 Å². The number of nitrogens with one attached hydrogen (secondary N) is 2. The van der Waals surface area contributed by atoms with E-state index in [1.54, 1.807) is 0 Å². The van der Waals surface area contributed by atoms with Gasteiger partial charge in [0.15, 0.2) is 0 Å². The predicted octanol–water partition coefficient (Wildman–Crippen LogP) is 2.02. The predicted molar refractivity (Wildman–Crippen MR) is 66.5 cm³/mol. The maximum absolute atomic E-state index is 3.72. The van der Waals surface area contributed by atoms with Gasteiger partial charge in [-0.2, -0.15) is 0 Å². The SMILES string of the molecule is CC(Cc1cccs1)NC1CCNCC1. The fourth-order valence-corrected chi connectivity index (χ4v) is 3.02. The zero-order chi connectivity index (χ0) is 10.5. The van der Waals surface area contributed by atoms with Gasteiger partial charge in [-0.05, 0) is 50.7 Å². The van der Waals surface area contributed by atoms with Gasteiger partial charge in [-0.1, -0.05) is 6.07 Å². The molecule has 1 aliphatic heterocycles. The summed E-state index contributed by atoms with van der Waals surface area (Å²) >= 11 is 1.86. The third-order valence-electron chi connectivity index (χ3n) is 2.95. The van der Waals surface area contributed by atoms with E-state index in [0.717, 1.165) is 6.04 Å². The van der Waals surface area contributed by atoms with Gasteiger partial charge in [0.1, 0.15) is 0 Å². The molecule has 1 fully saturated rings. The van der Waals surface area contributed by atoms with Gasteiger partial charge < -0.3 is 10.6 Å². The van der Waals surface area contributed by atoms with Crippen molar-refractivity contribution in [3.05, 3.63) is 22.4 Å². The molecule has 2 nitrogen and oxygen atoms in total. The molecule has 1 saturated heterocycles. The molecule has 2 rings (SSSR count). The maximum Gasteiger partial charge on any atom is 0.00938 e. The molecule has 0 aromatic carbocycles. The van der Waals surface area contributed by atoms with Gasteiger partial charge in [0, 0.05) is 17.0 Å². The zero-order valence-electron chi connectivity index (χ0n) is 9.33. The van der Waals surface area contributed by atoms with E-state index in [9.17, 15) is 0 Å². The van der Waals surface area contributed by atoms with E-state index < -0.39 is 0 Å². The van der Waals surface area contributed by atoms with Gasteiger partial charge in [0.2, 0.25) is 0 Å². The van der Waals surface area contributed by atoms with Crippen LogP contribution in [0.4, 0.5) is 0 Å². The topological polar surface area (TPSA) is 24.1 Å². The summed E-state index contributed by atoms with van der Waals surface area (Å²) in [4.78, 5) is 1.49. The number of rotatable bonds is 4. The van der Waals surface area contributed by atoms with Gasteiger partial charge >= 0.3 is 0 Å². The summed E-state index contributed by atoms with van der Waals surface area (Å²) in [5.41, 5.74) is 0. The van der Waals surface area contributed by atoms with Crippen LogP contribution in [0.3, 0.4) is 0 Å². The van der Waals surface area contributed by atoms with E-state index in [1.807, 2.05) is 11.3 Å². The lowest BCUT2D eigenvalue weighted by Gasteiger charge is -2.27. The first-order chi connectivity index (χ1) is 7.34. The van der Waals surface area contributed by atoms with Crippen molar-refractivity contribution < 1.29 is 0 Å². The molecule has 15 heavy (non-hydrogen) atoms. The third-order valence-corrected chi connectivity index (χ3v) is 3.85. The van der Waals surface area contributed by atoms with Crippen LogP contribution in [0.1, 0.15) is 24.6 Å². The molecule has 0 aliphatic carbocycles. The second-order valence-electron chi connectivity index (χ2n) is 4.38. The number of piperidine rings is 1. The summed E-state index contributed by atoms with van der Waals surface area (Å²) in [5.74, 6) is 0. The van der Waals surface area contributed by atoms with Crippen molar-refractivity contribution in [3.63, 3.8) is 0 Å². The first-order valence-corrected chi connectivity index (χ1v) is 6.71. The Labute approximate surface area is 96.1 Å². The van der Waals surface area contributed by atoms with Crippen molar-refractivity contribution in [2.24, 2.45) is 0 Å². The molecule has 0 bridgehead atoms. The minimum atomic E-state index is 0.603. The molecule has 84 valence electrons. The fraction of sp³-hybridized carbons (Fsp3) is 0.667. The van der Waals surface area contributed by atoms with Crippen LogP contribution in [0.15, 0.2) is 17.5 Å². The minimum absolute atomic E-state index is 0.603. The Balaban J connectivity index is 1.74. The Morgan fingerprint density at radius 2 is 2.33 bits per heavy atom. The Bertz CT molecular complexity index is 265. The lowest BCUT2D eigenvalue weighted by molar-refractivity contribution is 0.355. The summed E-state index contributed by atoms with van der Waals surface area (Å²) in [6.45, 7) is 4.63. The summed E-state index contributed by atoms with van der Waals surface area (Å²) in [6.07, 6.45) is 3.71. The fourth-order valence-electron chi connectivity index (χ4n) is 2.18. The smallest absolute Gasteiger partial charge is 0.00938 e. The van der Waals surface area contributed by atoms with Crippen LogP contribution < -0.4 is 10.6 Å². The third kappa shape index (κ3) is 3.59. The lowest BCUT2D eigenvalue weighted by atomic mass is 10.0. The highest BCUT2D eigenvalue weighted by Crippen LogP contribution is 2.12. The molecule has 1 unspecified atom stereocenters. The standard InChI is InChI=1S/C12H20N2S/c1-10(9-12-3-2-8-15-12)14-11-4-6-13-7-5-11/h2-3,8,10-11,13-14H,4-7,9H2,1H3. The molecule has 0 saturated carbocycles. The van der Waals surface area contributed by atoms with Crippen LogP contribution >= 0.6 is 11.3 Å². The molecule has 1 aromatic rings. The number of hydrogen-bond donors (Lipinski definition) is 2. The first kappa shape index (κ1) is 11.1. The van der Waals surface area contributed by atoms with Crippen LogP contribution in [0, 0.1) is 0 Å². The highest BCUT2D eigenvalue weighted by atomic mass is 32.1. The largest absolute Gasteiger partial charge is 0.317 e. The first-order valence-electron chi connectivity index (χ1n) is 5.84. The highest BCUT2D eigenvalue weighted by Gasteiger charge is 2.15. The second kappa shape index (κ2) is 5.64. The van der Waals surface area contributed by atoms with Crippen LogP contribution in [0.2, 0.25) is 0 Å². The molecule has 1 aromatic heterocycles. The highest BCUT2D eigenvalue weighted by molar-refractivity contribution is 7.09. The number of hydrogen-bond acceptors (Lipinski definition) is 3. The molecule has 0 amide bonds. The molecule has 1 atom stereocenters. The van der Waals surface area contributed by atoms with Gasteiger partial charge in [-0.25, -0.2) is 0 Å².